The van der Waals surface area contributed by atoms with Crippen molar-refractivity contribution in [1.29, 1.82) is 0 Å². The first-order chi connectivity index (χ1) is 14.8. The van der Waals surface area contributed by atoms with E-state index in [1.165, 1.54) is 19.3 Å². The monoisotopic (exact) mass is 392 g/mol. The van der Waals surface area contributed by atoms with Crippen LogP contribution in [0.25, 0.3) is 39.1 Å². The molecule has 0 saturated heterocycles. The molecule has 2 aromatic carbocycles. The summed E-state index contributed by atoms with van der Waals surface area (Å²) >= 11 is 0. The van der Waals surface area contributed by atoms with E-state index in [0.717, 1.165) is 38.9 Å². The van der Waals surface area contributed by atoms with E-state index >= 15 is 0 Å². The largest absolute Gasteiger partial charge is 0.382 e. The summed E-state index contributed by atoms with van der Waals surface area (Å²) in [5.74, 6) is 1.76. The number of rotatable bonds is 3. The third-order valence-corrected chi connectivity index (χ3v) is 5.97. The molecule has 6 rings (SSSR count). The summed E-state index contributed by atoms with van der Waals surface area (Å²) in [5, 5.41) is 0.986. The predicted octanol–water partition coefficient (Wildman–Crippen LogP) is 4.86. The van der Waals surface area contributed by atoms with Crippen molar-refractivity contribution < 1.29 is 0 Å². The van der Waals surface area contributed by atoms with Crippen molar-refractivity contribution in [3.8, 4) is 22.6 Å². The molecule has 1 aliphatic rings. The molecule has 1 aliphatic carbocycles. The molecule has 30 heavy (non-hydrogen) atoms. The van der Waals surface area contributed by atoms with Gasteiger partial charge in [-0.1, -0.05) is 48.9 Å². The van der Waals surface area contributed by atoms with Crippen molar-refractivity contribution in [2.75, 3.05) is 5.73 Å². The Kier molecular flexibility index (Phi) is 3.77. The van der Waals surface area contributed by atoms with Crippen LogP contribution in [0.3, 0.4) is 0 Å². The Morgan fingerprint density at radius 3 is 2.60 bits per heavy atom. The summed E-state index contributed by atoms with van der Waals surface area (Å²) in [4.78, 5) is 18.6. The molecule has 0 bridgehead atoms. The number of benzene rings is 2. The third-order valence-electron chi connectivity index (χ3n) is 5.97. The van der Waals surface area contributed by atoms with Crippen molar-refractivity contribution in [2.45, 2.75) is 25.2 Å². The van der Waals surface area contributed by atoms with E-state index in [9.17, 15) is 0 Å². The molecule has 2 N–H and O–H groups in total. The average Bonchev–Trinajstić information content (AvgIpc) is 3.17. The number of nitrogens with two attached hydrogens (primary N) is 1. The van der Waals surface area contributed by atoms with Crippen LogP contribution in [-0.4, -0.2) is 24.3 Å². The minimum Gasteiger partial charge on any atom is -0.382 e. The fraction of sp³-hybridized carbons (Fsp3) is 0.167. The van der Waals surface area contributed by atoms with Crippen LogP contribution in [0.4, 0.5) is 5.82 Å². The molecular weight excluding hydrogens is 372 g/mol. The van der Waals surface area contributed by atoms with E-state index in [4.69, 9.17) is 10.7 Å². The molecule has 1 fully saturated rings. The first-order valence-electron chi connectivity index (χ1n) is 10.2. The lowest BCUT2D eigenvalue weighted by Gasteiger charge is -2.24. The van der Waals surface area contributed by atoms with Gasteiger partial charge in [0.2, 0.25) is 0 Å². The number of imidazole rings is 1. The molecule has 1 saturated carbocycles. The van der Waals surface area contributed by atoms with Crippen LogP contribution in [0.2, 0.25) is 0 Å². The quantitative estimate of drug-likeness (QED) is 0.474. The SMILES string of the molecule is Nc1nc(C2CCC2)cn2cnc(-c3ccc4cnc(-c5ccccc5)nc4c3)c12. The van der Waals surface area contributed by atoms with Crippen molar-refractivity contribution >= 4 is 22.2 Å². The average molecular weight is 392 g/mol. The number of aromatic nitrogens is 5. The van der Waals surface area contributed by atoms with Crippen molar-refractivity contribution in [3.05, 3.63) is 72.9 Å². The van der Waals surface area contributed by atoms with Crippen molar-refractivity contribution in [3.63, 3.8) is 0 Å². The molecule has 5 aromatic rings. The topological polar surface area (TPSA) is 82.0 Å². The maximum absolute atomic E-state index is 6.37. The van der Waals surface area contributed by atoms with Crippen LogP contribution in [0.5, 0.6) is 0 Å². The lowest BCUT2D eigenvalue weighted by Crippen LogP contribution is -2.12. The lowest BCUT2D eigenvalue weighted by molar-refractivity contribution is 0.410. The molecule has 3 aromatic heterocycles. The summed E-state index contributed by atoms with van der Waals surface area (Å²) in [6.07, 6.45) is 9.40. The molecule has 0 aliphatic heterocycles. The summed E-state index contributed by atoms with van der Waals surface area (Å²) in [7, 11) is 0. The molecule has 3 heterocycles. The highest BCUT2D eigenvalue weighted by Crippen LogP contribution is 2.37. The van der Waals surface area contributed by atoms with Gasteiger partial charge in [0, 0.05) is 34.8 Å². The molecule has 0 spiro atoms. The molecular formula is C24H20N6. The fourth-order valence-electron chi connectivity index (χ4n) is 4.08. The second-order valence-electron chi connectivity index (χ2n) is 7.86. The maximum atomic E-state index is 6.37. The van der Waals surface area contributed by atoms with E-state index in [1.54, 1.807) is 0 Å². The summed E-state index contributed by atoms with van der Waals surface area (Å²) in [6.45, 7) is 0. The van der Waals surface area contributed by atoms with Gasteiger partial charge in [0.1, 0.15) is 17.7 Å². The van der Waals surface area contributed by atoms with Gasteiger partial charge in [-0.2, -0.15) is 0 Å². The molecule has 0 atom stereocenters. The van der Waals surface area contributed by atoms with Gasteiger partial charge in [0.15, 0.2) is 5.82 Å². The van der Waals surface area contributed by atoms with E-state index < -0.39 is 0 Å². The lowest BCUT2D eigenvalue weighted by atomic mass is 9.83. The molecule has 146 valence electrons. The van der Waals surface area contributed by atoms with Crippen molar-refractivity contribution in [2.24, 2.45) is 0 Å². The summed E-state index contributed by atoms with van der Waals surface area (Å²) in [5.41, 5.74) is 11.9. The molecule has 0 radical (unpaired) electrons. The zero-order valence-corrected chi connectivity index (χ0v) is 16.4. The number of hydrogen-bond acceptors (Lipinski definition) is 5. The third kappa shape index (κ3) is 2.72. The summed E-state index contributed by atoms with van der Waals surface area (Å²) < 4.78 is 2.00. The normalized spacial score (nSPS) is 14.3. The van der Waals surface area contributed by atoms with Crippen LogP contribution in [0.15, 0.2) is 67.3 Å². The van der Waals surface area contributed by atoms with E-state index in [0.29, 0.717) is 17.6 Å². The maximum Gasteiger partial charge on any atom is 0.159 e. The van der Waals surface area contributed by atoms with Crippen molar-refractivity contribution in [1.82, 2.24) is 24.3 Å². The van der Waals surface area contributed by atoms with E-state index in [-0.39, 0.29) is 0 Å². The second kappa shape index (κ2) is 6.62. The van der Waals surface area contributed by atoms with Gasteiger partial charge < -0.3 is 10.1 Å². The van der Waals surface area contributed by atoms with Gasteiger partial charge in [-0.25, -0.2) is 19.9 Å². The smallest absolute Gasteiger partial charge is 0.159 e. The second-order valence-corrected chi connectivity index (χ2v) is 7.86. The Morgan fingerprint density at radius 2 is 1.80 bits per heavy atom. The summed E-state index contributed by atoms with van der Waals surface area (Å²) in [6, 6.07) is 16.1. The number of nitrogens with zero attached hydrogens (tertiary/aromatic N) is 5. The minimum atomic E-state index is 0.524. The Hall–Kier alpha value is -3.80. The number of nitrogen functional groups attached to an aromatic ring is 1. The zero-order chi connectivity index (χ0) is 20.1. The Balaban J connectivity index is 1.46. The van der Waals surface area contributed by atoms with Crippen LogP contribution in [0, 0.1) is 0 Å². The number of anilines is 1. The Bertz CT molecular complexity index is 1390. The standard InChI is InChI=1S/C24H20N6/c25-23-22-21(27-14-30(22)13-20(28-23)15-7-4-8-15)17-9-10-18-12-26-24(29-19(18)11-17)16-5-2-1-3-6-16/h1-3,5-6,9-15H,4,7-8H2,(H2,25,28). The first-order valence-corrected chi connectivity index (χ1v) is 10.2. The molecule has 0 unspecified atom stereocenters. The Labute approximate surface area is 173 Å². The van der Waals surface area contributed by atoms with Gasteiger partial charge in [-0.05, 0) is 18.9 Å². The van der Waals surface area contributed by atoms with E-state index in [1.807, 2.05) is 65.5 Å². The highest BCUT2D eigenvalue weighted by Gasteiger charge is 2.23. The van der Waals surface area contributed by atoms with Crippen LogP contribution >= 0.6 is 0 Å². The van der Waals surface area contributed by atoms with Crippen LogP contribution in [0.1, 0.15) is 30.9 Å². The zero-order valence-electron chi connectivity index (χ0n) is 16.4. The number of hydrogen-bond donors (Lipinski definition) is 1. The highest BCUT2D eigenvalue weighted by atomic mass is 15.0. The van der Waals surface area contributed by atoms with Gasteiger partial charge in [0.05, 0.1) is 16.9 Å². The molecule has 6 nitrogen and oxygen atoms in total. The molecule has 6 heteroatoms. The minimum absolute atomic E-state index is 0.524. The molecule has 0 amide bonds. The predicted molar refractivity (Wildman–Crippen MR) is 118 cm³/mol. The fourth-order valence-corrected chi connectivity index (χ4v) is 4.08. The van der Waals surface area contributed by atoms with Gasteiger partial charge in [-0.15, -0.1) is 0 Å². The van der Waals surface area contributed by atoms with Gasteiger partial charge >= 0.3 is 0 Å². The van der Waals surface area contributed by atoms with Gasteiger partial charge in [-0.3, -0.25) is 0 Å². The highest BCUT2D eigenvalue weighted by molar-refractivity contribution is 5.90. The van der Waals surface area contributed by atoms with E-state index in [2.05, 4.69) is 21.1 Å². The van der Waals surface area contributed by atoms with Gasteiger partial charge in [0.25, 0.3) is 0 Å². The number of fused-ring (bicyclic) bond motifs is 2. The Morgan fingerprint density at radius 1 is 0.933 bits per heavy atom. The first kappa shape index (κ1) is 17.1. The van der Waals surface area contributed by atoms with Crippen LogP contribution in [-0.2, 0) is 0 Å². The van der Waals surface area contributed by atoms with Crippen LogP contribution < -0.4 is 5.73 Å².